The number of nitrogens with one attached hydrogen (secondary N) is 1. The van der Waals surface area contributed by atoms with Crippen LogP contribution in [0.2, 0.25) is 0 Å². The highest BCUT2D eigenvalue weighted by Gasteiger charge is 2.36. The van der Waals surface area contributed by atoms with Gasteiger partial charge in [-0.05, 0) is 48.2 Å². The molecule has 0 saturated carbocycles. The molecule has 23 heavy (non-hydrogen) atoms. The molecule has 1 N–H and O–H groups in total. The number of ether oxygens (including phenoxy) is 1. The molecular formula is C17H15BrF3NO. The number of fused-ring (bicyclic) bond motifs is 1. The van der Waals surface area contributed by atoms with E-state index in [0.717, 1.165) is 23.8 Å². The van der Waals surface area contributed by atoms with Gasteiger partial charge in [-0.3, -0.25) is 0 Å². The van der Waals surface area contributed by atoms with Crippen LogP contribution in [-0.2, 0) is 12.6 Å². The molecule has 122 valence electrons. The summed E-state index contributed by atoms with van der Waals surface area (Å²) in [6, 6.07) is 10.1. The van der Waals surface area contributed by atoms with Crippen LogP contribution in [0.15, 0.2) is 40.9 Å². The van der Waals surface area contributed by atoms with Gasteiger partial charge in [-0.15, -0.1) is 0 Å². The molecule has 2 nitrogen and oxygen atoms in total. The van der Waals surface area contributed by atoms with E-state index in [-0.39, 0.29) is 11.7 Å². The quantitative estimate of drug-likeness (QED) is 0.728. The van der Waals surface area contributed by atoms with Crippen LogP contribution in [0.5, 0.6) is 5.75 Å². The average Bonchev–Trinajstić information content (AvgIpc) is 2.53. The average molecular weight is 386 g/mol. The first-order valence-electron chi connectivity index (χ1n) is 7.18. The normalized spacial score (nSPS) is 17.3. The second kappa shape index (κ2) is 6.07. The Kier molecular flexibility index (Phi) is 4.27. The molecule has 6 heteroatoms. The predicted octanol–water partition coefficient (Wildman–Crippen LogP) is 5.58. The first-order chi connectivity index (χ1) is 10.9. The Hall–Kier alpha value is -1.69. The van der Waals surface area contributed by atoms with Gasteiger partial charge in [0.1, 0.15) is 5.75 Å². The molecule has 1 aliphatic heterocycles. The van der Waals surface area contributed by atoms with Crippen LogP contribution in [-0.4, -0.2) is 7.11 Å². The van der Waals surface area contributed by atoms with Gasteiger partial charge >= 0.3 is 6.18 Å². The predicted molar refractivity (Wildman–Crippen MR) is 86.8 cm³/mol. The van der Waals surface area contributed by atoms with Crippen LogP contribution in [0, 0.1) is 0 Å². The van der Waals surface area contributed by atoms with Crippen molar-refractivity contribution < 1.29 is 17.9 Å². The van der Waals surface area contributed by atoms with E-state index in [2.05, 4.69) is 21.2 Å². The third kappa shape index (κ3) is 3.32. The highest BCUT2D eigenvalue weighted by Crippen LogP contribution is 2.43. The Balaban J connectivity index is 1.96. The highest BCUT2D eigenvalue weighted by molar-refractivity contribution is 9.10. The number of hydrogen-bond acceptors (Lipinski definition) is 2. The first-order valence-corrected chi connectivity index (χ1v) is 7.98. The molecule has 1 atom stereocenters. The molecule has 0 aliphatic carbocycles. The Bertz CT molecular complexity index is 713. The smallest absolute Gasteiger partial charge is 0.418 e. The fourth-order valence-corrected chi connectivity index (χ4v) is 3.39. The lowest BCUT2D eigenvalue weighted by Gasteiger charge is -2.30. The molecule has 2 aromatic rings. The maximum absolute atomic E-state index is 13.3. The molecular weight excluding hydrogens is 371 g/mol. The maximum atomic E-state index is 13.3. The van der Waals surface area contributed by atoms with Gasteiger partial charge in [0.05, 0.1) is 24.4 Å². The standard InChI is InChI=1S/C17H15BrF3NO/c1-23-13-5-2-10(3-6-13)15-7-4-11-8-12(18)9-14(16(11)22-15)17(19,20)21/h2-3,5-6,8-9,15,22H,4,7H2,1H3. The molecule has 2 aromatic carbocycles. The Labute approximate surface area is 140 Å². The highest BCUT2D eigenvalue weighted by atomic mass is 79.9. The van der Waals surface area contributed by atoms with E-state index >= 15 is 0 Å². The van der Waals surface area contributed by atoms with Gasteiger partial charge in [-0.25, -0.2) is 0 Å². The number of aryl methyl sites for hydroxylation is 1. The lowest BCUT2D eigenvalue weighted by molar-refractivity contribution is -0.137. The summed E-state index contributed by atoms with van der Waals surface area (Å²) < 4.78 is 45.5. The van der Waals surface area contributed by atoms with E-state index < -0.39 is 11.7 Å². The molecule has 0 fully saturated rings. The molecule has 0 amide bonds. The van der Waals surface area contributed by atoms with Gasteiger partial charge < -0.3 is 10.1 Å². The third-order valence-electron chi connectivity index (χ3n) is 4.03. The monoisotopic (exact) mass is 385 g/mol. The van der Waals surface area contributed by atoms with Gasteiger partial charge in [0.2, 0.25) is 0 Å². The fourth-order valence-electron chi connectivity index (χ4n) is 2.89. The van der Waals surface area contributed by atoms with Crippen LogP contribution < -0.4 is 10.1 Å². The second-order valence-electron chi connectivity index (χ2n) is 5.49. The summed E-state index contributed by atoms with van der Waals surface area (Å²) in [5.41, 5.74) is 1.21. The molecule has 0 bridgehead atoms. The zero-order chi connectivity index (χ0) is 16.6. The number of methoxy groups -OCH3 is 1. The molecule has 1 heterocycles. The first kappa shape index (κ1) is 16.2. The summed E-state index contributed by atoms with van der Waals surface area (Å²) >= 11 is 3.17. The van der Waals surface area contributed by atoms with Crippen molar-refractivity contribution in [1.82, 2.24) is 0 Å². The van der Waals surface area contributed by atoms with E-state index in [1.165, 1.54) is 0 Å². The van der Waals surface area contributed by atoms with Crippen LogP contribution in [0.3, 0.4) is 0 Å². The Morgan fingerprint density at radius 3 is 2.48 bits per heavy atom. The second-order valence-corrected chi connectivity index (χ2v) is 6.41. The lowest BCUT2D eigenvalue weighted by Crippen LogP contribution is -2.22. The molecule has 0 saturated heterocycles. The van der Waals surface area contributed by atoms with Crippen LogP contribution in [0.25, 0.3) is 0 Å². The maximum Gasteiger partial charge on any atom is 0.418 e. The SMILES string of the molecule is COc1ccc(C2CCc3cc(Br)cc(C(F)(F)F)c3N2)cc1. The van der Waals surface area contributed by atoms with Crippen molar-refractivity contribution in [1.29, 1.82) is 0 Å². The molecule has 3 rings (SSSR count). The zero-order valence-corrected chi connectivity index (χ0v) is 14.0. The number of halogens is 4. The lowest BCUT2D eigenvalue weighted by atomic mass is 9.91. The van der Waals surface area contributed by atoms with E-state index in [4.69, 9.17) is 4.74 Å². The van der Waals surface area contributed by atoms with Crippen molar-refractivity contribution in [2.24, 2.45) is 0 Å². The van der Waals surface area contributed by atoms with E-state index in [1.54, 1.807) is 13.2 Å². The van der Waals surface area contributed by atoms with E-state index in [1.807, 2.05) is 24.3 Å². The third-order valence-corrected chi connectivity index (χ3v) is 4.49. The van der Waals surface area contributed by atoms with Crippen molar-refractivity contribution in [3.05, 3.63) is 57.6 Å². The van der Waals surface area contributed by atoms with Crippen molar-refractivity contribution in [3.63, 3.8) is 0 Å². The summed E-state index contributed by atoms with van der Waals surface area (Å²) in [6.45, 7) is 0. The topological polar surface area (TPSA) is 21.3 Å². The van der Waals surface area contributed by atoms with Gasteiger partial charge in [0.25, 0.3) is 0 Å². The number of anilines is 1. The van der Waals surface area contributed by atoms with E-state index in [9.17, 15) is 13.2 Å². The Morgan fingerprint density at radius 1 is 1.17 bits per heavy atom. The minimum Gasteiger partial charge on any atom is -0.497 e. The number of benzene rings is 2. The zero-order valence-electron chi connectivity index (χ0n) is 12.4. The van der Waals surface area contributed by atoms with Gasteiger partial charge in [-0.2, -0.15) is 13.2 Å². The van der Waals surface area contributed by atoms with Crippen molar-refractivity contribution in [2.45, 2.75) is 25.1 Å². The van der Waals surface area contributed by atoms with E-state index in [0.29, 0.717) is 16.5 Å². The summed E-state index contributed by atoms with van der Waals surface area (Å²) in [5, 5.41) is 3.07. The minimum atomic E-state index is -4.39. The summed E-state index contributed by atoms with van der Waals surface area (Å²) in [5.74, 6) is 0.727. The number of hydrogen-bond donors (Lipinski definition) is 1. The van der Waals surface area contributed by atoms with Gasteiger partial charge in [0, 0.05) is 4.47 Å². The minimum absolute atomic E-state index is 0.143. The molecule has 0 radical (unpaired) electrons. The van der Waals surface area contributed by atoms with Crippen LogP contribution >= 0.6 is 15.9 Å². The molecule has 1 aliphatic rings. The molecule has 0 spiro atoms. The molecule has 0 aromatic heterocycles. The van der Waals surface area contributed by atoms with Crippen LogP contribution in [0.4, 0.5) is 18.9 Å². The fraction of sp³-hybridized carbons (Fsp3) is 0.294. The van der Waals surface area contributed by atoms with Gasteiger partial charge in [0.15, 0.2) is 0 Å². The van der Waals surface area contributed by atoms with Crippen molar-refractivity contribution >= 4 is 21.6 Å². The summed E-state index contributed by atoms with van der Waals surface area (Å²) in [7, 11) is 1.58. The van der Waals surface area contributed by atoms with Crippen molar-refractivity contribution in [3.8, 4) is 5.75 Å². The summed E-state index contributed by atoms with van der Waals surface area (Å²) in [6.07, 6.45) is -3.04. The molecule has 1 unspecified atom stereocenters. The van der Waals surface area contributed by atoms with Gasteiger partial charge in [-0.1, -0.05) is 28.1 Å². The number of alkyl halides is 3. The summed E-state index contributed by atoms with van der Waals surface area (Å²) in [4.78, 5) is 0. The van der Waals surface area contributed by atoms with Crippen molar-refractivity contribution in [2.75, 3.05) is 12.4 Å². The Morgan fingerprint density at radius 2 is 1.87 bits per heavy atom. The largest absolute Gasteiger partial charge is 0.497 e. The van der Waals surface area contributed by atoms with Crippen LogP contribution in [0.1, 0.15) is 29.2 Å². The number of rotatable bonds is 2.